The molecular formula is C14H13F3N2O7. The molecule has 1 aromatic rings. The molecule has 26 heavy (non-hydrogen) atoms. The molecule has 0 aliphatic heterocycles. The minimum Gasteiger partial charge on any atom is -0.462 e. The number of esters is 2. The first-order valence-corrected chi connectivity index (χ1v) is 7.00. The van der Waals surface area contributed by atoms with Gasteiger partial charge in [-0.3, -0.25) is 14.9 Å². The Balaban J connectivity index is 2.86. The van der Waals surface area contributed by atoms with Gasteiger partial charge in [0.05, 0.1) is 22.7 Å². The molecule has 1 rings (SSSR count). The van der Waals surface area contributed by atoms with E-state index in [0.29, 0.717) is 0 Å². The van der Waals surface area contributed by atoms with Crippen LogP contribution in [0.1, 0.15) is 27.6 Å². The van der Waals surface area contributed by atoms with E-state index in [0.717, 1.165) is 18.2 Å². The summed E-state index contributed by atoms with van der Waals surface area (Å²) in [6, 6.07) is 2.62. The van der Waals surface area contributed by atoms with Crippen LogP contribution in [-0.2, 0) is 14.3 Å². The number of benzene rings is 1. The Morgan fingerprint density at radius 3 is 2.12 bits per heavy atom. The van der Waals surface area contributed by atoms with E-state index in [4.69, 9.17) is 0 Å². The lowest BCUT2D eigenvalue weighted by Crippen LogP contribution is -2.36. The van der Waals surface area contributed by atoms with Crippen LogP contribution in [-0.4, -0.2) is 48.7 Å². The molecule has 12 heteroatoms. The molecule has 0 bridgehead atoms. The molecule has 0 fully saturated rings. The summed E-state index contributed by atoms with van der Waals surface area (Å²) in [4.78, 5) is 44.7. The molecular weight excluding hydrogens is 365 g/mol. The number of amides is 1. The highest BCUT2D eigenvalue weighted by Gasteiger charge is 2.28. The molecule has 0 spiro atoms. The van der Waals surface area contributed by atoms with E-state index in [1.165, 1.54) is 12.2 Å². The largest absolute Gasteiger partial charge is 0.462 e. The highest BCUT2D eigenvalue weighted by molar-refractivity contribution is 5.97. The van der Waals surface area contributed by atoms with Gasteiger partial charge < -0.3 is 14.8 Å². The Labute approximate surface area is 144 Å². The summed E-state index contributed by atoms with van der Waals surface area (Å²) in [6.07, 6.45) is -4.63. The van der Waals surface area contributed by atoms with E-state index in [1.807, 2.05) is 0 Å². The van der Waals surface area contributed by atoms with E-state index in [9.17, 15) is 37.7 Å². The SMILES string of the molecule is CCOC(=O)c1cc(C(=O)OCC(=O)NCC(F)(F)F)cc([N+](=O)[O-])c1. The van der Waals surface area contributed by atoms with Gasteiger partial charge in [-0.15, -0.1) is 0 Å². The predicted molar refractivity (Wildman–Crippen MR) is 78.4 cm³/mol. The molecule has 9 nitrogen and oxygen atoms in total. The molecule has 0 saturated carbocycles. The second kappa shape index (κ2) is 8.78. The van der Waals surface area contributed by atoms with Gasteiger partial charge >= 0.3 is 18.1 Å². The third-order valence-corrected chi connectivity index (χ3v) is 2.70. The van der Waals surface area contributed by atoms with Crippen LogP contribution in [0.2, 0.25) is 0 Å². The molecule has 1 N–H and O–H groups in total. The van der Waals surface area contributed by atoms with Gasteiger partial charge in [0.2, 0.25) is 0 Å². The van der Waals surface area contributed by atoms with Crippen molar-refractivity contribution in [1.29, 1.82) is 0 Å². The summed E-state index contributed by atoms with van der Waals surface area (Å²) in [6.45, 7) is -1.15. The number of nitrogens with zero attached hydrogens (tertiary/aromatic N) is 1. The van der Waals surface area contributed by atoms with E-state index in [1.54, 1.807) is 0 Å². The van der Waals surface area contributed by atoms with Crippen molar-refractivity contribution >= 4 is 23.5 Å². The first kappa shape index (κ1) is 20.9. The van der Waals surface area contributed by atoms with Gasteiger partial charge in [0.25, 0.3) is 11.6 Å². The minimum atomic E-state index is -4.63. The van der Waals surface area contributed by atoms with E-state index in [2.05, 4.69) is 9.47 Å². The Bertz CT molecular complexity index is 719. The highest BCUT2D eigenvalue weighted by Crippen LogP contribution is 2.19. The second-order valence-electron chi connectivity index (χ2n) is 4.71. The van der Waals surface area contributed by atoms with E-state index in [-0.39, 0.29) is 12.2 Å². The highest BCUT2D eigenvalue weighted by atomic mass is 19.4. The number of non-ortho nitro benzene ring substituents is 1. The molecule has 0 unspecified atom stereocenters. The van der Waals surface area contributed by atoms with Gasteiger partial charge in [0.15, 0.2) is 6.61 Å². The average molecular weight is 378 g/mol. The number of carbonyl (C=O) groups is 3. The lowest BCUT2D eigenvalue weighted by Gasteiger charge is -2.09. The standard InChI is InChI=1S/C14H13F3N2O7/c1-2-25-12(21)8-3-9(5-10(4-8)19(23)24)13(22)26-6-11(20)18-7-14(15,16)17/h3-5H,2,6-7H2,1H3,(H,18,20). The quantitative estimate of drug-likeness (QED) is 0.434. The molecule has 0 heterocycles. The molecule has 0 atom stereocenters. The molecule has 142 valence electrons. The smallest absolute Gasteiger partial charge is 0.405 e. The van der Waals surface area contributed by atoms with Crippen LogP contribution in [0.3, 0.4) is 0 Å². The maximum atomic E-state index is 12.0. The van der Waals surface area contributed by atoms with Gasteiger partial charge in [0, 0.05) is 12.1 Å². The van der Waals surface area contributed by atoms with Crippen molar-refractivity contribution in [2.75, 3.05) is 19.8 Å². The lowest BCUT2D eigenvalue weighted by molar-refractivity contribution is -0.384. The van der Waals surface area contributed by atoms with Crippen LogP contribution in [0.4, 0.5) is 18.9 Å². The van der Waals surface area contributed by atoms with Gasteiger partial charge in [-0.1, -0.05) is 0 Å². The molecule has 0 aromatic heterocycles. The zero-order valence-electron chi connectivity index (χ0n) is 13.3. The van der Waals surface area contributed by atoms with Crippen LogP contribution < -0.4 is 5.32 Å². The summed E-state index contributed by atoms with van der Waals surface area (Å²) in [5, 5.41) is 12.4. The van der Waals surface area contributed by atoms with Crippen molar-refractivity contribution in [2.45, 2.75) is 13.1 Å². The van der Waals surface area contributed by atoms with Crippen molar-refractivity contribution in [3.05, 3.63) is 39.4 Å². The Hall–Kier alpha value is -3.18. The zero-order chi connectivity index (χ0) is 19.9. The molecule has 0 aliphatic rings. The minimum absolute atomic E-state index is 0.0132. The van der Waals surface area contributed by atoms with Crippen LogP contribution in [0.15, 0.2) is 18.2 Å². The number of hydrogen-bond acceptors (Lipinski definition) is 7. The first-order chi connectivity index (χ1) is 12.0. The Morgan fingerprint density at radius 2 is 1.65 bits per heavy atom. The Morgan fingerprint density at radius 1 is 1.12 bits per heavy atom. The van der Waals surface area contributed by atoms with Gasteiger partial charge in [-0.2, -0.15) is 13.2 Å². The number of halogens is 3. The third-order valence-electron chi connectivity index (χ3n) is 2.70. The normalized spacial score (nSPS) is 10.8. The van der Waals surface area contributed by atoms with Gasteiger partial charge in [0.1, 0.15) is 6.54 Å². The zero-order valence-corrected chi connectivity index (χ0v) is 13.3. The number of nitro groups is 1. The number of ether oxygens (including phenoxy) is 2. The molecule has 0 saturated heterocycles. The van der Waals surface area contributed by atoms with Crippen molar-refractivity contribution in [3.63, 3.8) is 0 Å². The summed E-state index contributed by atoms with van der Waals surface area (Å²) < 4.78 is 45.0. The van der Waals surface area contributed by atoms with Crippen molar-refractivity contribution in [3.8, 4) is 0 Å². The fourth-order valence-electron chi connectivity index (χ4n) is 1.63. The predicted octanol–water partition coefficient (Wildman–Crippen LogP) is 1.61. The summed E-state index contributed by atoms with van der Waals surface area (Å²) in [7, 11) is 0. The Kier molecular flexibility index (Phi) is 7.05. The summed E-state index contributed by atoms with van der Waals surface area (Å²) in [5.41, 5.74) is -1.34. The second-order valence-corrected chi connectivity index (χ2v) is 4.71. The van der Waals surface area contributed by atoms with E-state index >= 15 is 0 Å². The number of nitrogens with one attached hydrogen (secondary N) is 1. The first-order valence-electron chi connectivity index (χ1n) is 7.00. The fraction of sp³-hybridized carbons (Fsp3) is 0.357. The van der Waals surface area contributed by atoms with Crippen LogP contribution in [0, 0.1) is 10.1 Å². The van der Waals surface area contributed by atoms with E-state index < -0.39 is 53.3 Å². The summed E-state index contributed by atoms with van der Waals surface area (Å²) in [5.74, 6) is -3.37. The van der Waals surface area contributed by atoms with Crippen LogP contribution in [0.5, 0.6) is 0 Å². The number of alkyl halides is 3. The number of carbonyl (C=O) groups excluding carboxylic acids is 3. The third kappa shape index (κ3) is 6.75. The molecule has 0 aliphatic carbocycles. The topological polar surface area (TPSA) is 125 Å². The molecule has 0 radical (unpaired) electrons. The maximum absolute atomic E-state index is 12.0. The maximum Gasteiger partial charge on any atom is 0.405 e. The number of hydrogen-bond donors (Lipinski definition) is 1. The van der Waals surface area contributed by atoms with Gasteiger partial charge in [-0.05, 0) is 13.0 Å². The van der Waals surface area contributed by atoms with Crippen LogP contribution >= 0.6 is 0 Å². The van der Waals surface area contributed by atoms with Crippen molar-refractivity contribution in [2.24, 2.45) is 0 Å². The number of rotatable bonds is 7. The number of nitro benzene ring substituents is 1. The van der Waals surface area contributed by atoms with Crippen molar-refractivity contribution in [1.82, 2.24) is 5.32 Å². The molecule has 1 amide bonds. The molecule has 1 aromatic carbocycles. The monoisotopic (exact) mass is 378 g/mol. The fourth-order valence-corrected chi connectivity index (χ4v) is 1.63. The van der Waals surface area contributed by atoms with Gasteiger partial charge in [-0.25, -0.2) is 9.59 Å². The summed E-state index contributed by atoms with van der Waals surface area (Å²) >= 11 is 0. The van der Waals surface area contributed by atoms with Crippen molar-refractivity contribution < 1.29 is 42.0 Å². The lowest BCUT2D eigenvalue weighted by atomic mass is 10.1. The average Bonchev–Trinajstić information content (AvgIpc) is 2.56. The van der Waals surface area contributed by atoms with Crippen LogP contribution in [0.25, 0.3) is 0 Å².